The van der Waals surface area contributed by atoms with Crippen molar-refractivity contribution in [3.8, 4) is 11.5 Å². The summed E-state index contributed by atoms with van der Waals surface area (Å²) in [4.78, 5) is 11.0. The highest BCUT2D eigenvalue weighted by molar-refractivity contribution is 9.10. The molecule has 0 spiro atoms. The van der Waals surface area contributed by atoms with Crippen LogP contribution >= 0.6 is 43.5 Å². The van der Waals surface area contributed by atoms with E-state index in [2.05, 4.69) is 31.9 Å². The lowest BCUT2D eigenvalue weighted by molar-refractivity contribution is 0.0696. The first kappa shape index (κ1) is 14.4. The van der Waals surface area contributed by atoms with Crippen molar-refractivity contribution in [2.75, 3.05) is 0 Å². The summed E-state index contributed by atoms with van der Waals surface area (Å²) in [5.41, 5.74) is 0.137. The monoisotopic (exact) mass is 404 g/mol. The van der Waals surface area contributed by atoms with Crippen molar-refractivity contribution in [1.29, 1.82) is 0 Å². The largest absolute Gasteiger partial charge is 0.478 e. The van der Waals surface area contributed by atoms with Gasteiger partial charge in [-0.2, -0.15) is 0 Å². The Morgan fingerprint density at radius 3 is 2.47 bits per heavy atom. The molecule has 0 saturated heterocycles. The Bertz CT molecular complexity index is 644. The van der Waals surface area contributed by atoms with Crippen molar-refractivity contribution in [3.63, 3.8) is 0 Å². The maximum atomic E-state index is 11.0. The van der Waals surface area contributed by atoms with Gasteiger partial charge in [0, 0.05) is 8.95 Å². The number of ether oxygens (including phenoxy) is 1. The van der Waals surface area contributed by atoms with Gasteiger partial charge in [-0.15, -0.1) is 0 Å². The minimum atomic E-state index is -1.02. The highest BCUT2D eigenvalue weighted by Gasteiger charge is 2.09. The number of benzene rings is 2. The number of carboxylic acids is 1. The minimum absolute atomic E-state index is 0.137. The zero-order valence-corrected chi connectivity index (χ0v) is 13.3. The van der Waals surface area contributed by atoms with Crippen LogP contribution in [0.2, 0.25) is 5.02 Å². The molecule has 0 heterocycles. The van der Waals surface area contributed by atoms with Crippen LogP contribution in [0, 0.1) is 0 Å². The van der Waals surface area contributed by atoms with Crippen LogP contribution in [-0.4, -0.2) is 11.1 Å². The van der Waals surface area contributed by atoms with Gasteiger partial charge < -0.3 is 9.84 Å². The maximum Gasteiger partial charge on any atom is 0.335 e. The van der Waals surface area contributed by atoms with Gasteiger partial charge in [-0.1, -0.05) is 43.5 Å². The summed E-state index contributed by atoms with van der Waals surface area (Å²) >= 11 is 12.6. The topological polar surface area (TPSA) is 46.5 Å². The van der Waals surface area contributed by atoms with E-state index in [4.69, 9.17) is 21.4 Å². The lowest BCUT2D eigenvalue weighted by Gasteiger charge is -2.09. The third-order valence-electron chi connectivity index (χ3n) is 2.24. The van der Waals surface area contributed by atoms with Crippen LogP contribution in [0.25, 0.3) is 0 Å². The second-order valence-corrected chi connectivity index (χ2v) is 5.90. The van der Waals surface area contributed by atoms with Gasteiger partial charge in [-0.3, -0.25) is 0 Å². The SMILES string of the molecule is O=C(O)c1cc(Br)cc(Oc2ccc(Br)cc2Cl)c1. The quantitative estimate of drug-likeness (QED) is 0.747. The van der Waals surface area contributed by atoms with Gasteiger partial charge in [0.1, 0.15) is 11.5 Å². The summed E-state index contributed by atoms with van der Waals surface area (Å²) < 4.78 is 7.05. The summed E-state index contributed by atoms with van der Waals surface area (Å²) in [6, 6.07) is 9.80. The molecule has 0 amide bonds. The van der Waals surface area contributed by atoms with E-state index in [-0.39, 0.29) is 5.56 Å². The average Bonchev–Trinajstić information content (AvgIpc) is 2.32. The van der Waals surface area contributed by atoms with E-state index in [1.54, 1.807) is 24.3 Å². The Kier molecular flexibility index (Phi) is 4.50. The highest BCUT2D eigenvalue weighted by Crippen LogP contribution is 2.33. The lowest BCUT2D eigenvalue weighted by Crippen LogP contribution is -1.97. The summed E-state index contributed by atoms with van der Waals surface area (Å²) in [5.74, 6) is -0.164. The average molecular weight is 406 g/mol. The van der Waals surface area contributed by atoms with Crippen molar-refractivity contribution in [2.45, 2.75) is 0 Å². The van der Waals surface area contributed by atoms with Crippen molar-refractivity contribution in [1.82, 2.24) is 0 Å². The molecular weight excluding hydrogens is 399 g/mol. The smallest absolute Gasteiger partial charge is 0.335 e. The number of aromatic carboxylic acids is 1. The van der Waals surface area contributed by atoms with E-state index in [0.29, 0.717) is 21.0 Å². The van der Waals surface area contributed by atoms with Crippen LogP contribution in [0.4, 0.5) is 0 Å². The molecule has 2 rings (SSSR count). The van der Waals surface area contributed by atoms with Crippen LogP contribution in [0.3, 0.4) is 0 Å². The van der Waals surface area contributed by atoms with E-state index < -0.39 is 5.97 Å². The van der Waals surface area contributed by atoms with Crippen molar-refractivity contribution in [2.24, 2.45) is 0 Å². The summed E-state index contributed by atoms with van der Waals surface area (Å²) in [5, 5.41) is 9.42. The molecule has 0 atom stereocenters. The molecular formula is C13H7Br2ClO3. The van der Waals surface area contributed by atoms with Gasteiger partial charge in [0.25, 0.3) is 0 Å². The zero-order valence-electron chi connectivity index (χ0n) is 9.36. The Balaban J connectivity index is 2.35. The predicted octanol–water partition coefficient (Wildman–Crippen LogP) is 5.36. The standard InChI is InChI=1S/C13H7Br2ClO3/c14-8-1-2-12(11(16)6-8)19-10-4-7(13(17)18)3-9(15)5-10/h1-6H,(H,17,18). The molecule has 0 aliphatic heterocycles. The van der Waals surface area contributed by atoms with Gasteiger partial charge in [0.2, 0.25) is 0 Å². The third kappa shape index (κ3) is 3.72. The van der Waals surface area contributed by atoms with Gasteiger partial charge in [0.15, 0.2) is 0 Å². The second-order valence-electron chi connectivity index (χ2n) is 3.66. The molecule has 0 radical (unpaired) electrons. The fourth-order valence-electron chi connectivity index (χ4n) is 1.43. The molecule has 0 fully saturated rings. The second kappa shape index (κ2) is 5.94. The normalized spacial score (nSPS) is 10.3. The fraction of sp³-hybridized carbons (Fsp3) is 0. The molecule has 6 heteroatoms. The molecule has 0 aliphatic rings. The highest BCUT2D eigenvalue weighted by atomic mass is 79.9. The number of hydrogen-bond acceptors (Lipinski definition) is 2. The van der Waals surface area contributed by atoms with Crippen LogP contribution < -0.4 is 4.74 Å². The van der Waals surface area contributed by atoms with Gasteiger partial charge in [0.05, 0.1) is 10.6 Å². The lowest BCUT2D eigenvalue weighted by atomic mass is 10.2. The molecule has 2 aromatic rings. The van der Waals surface area contributed by atoms with E-state index in [1.807, 2.05) is 0 Å². The van der Waals surface area contributed by atoms with Crippen LogP contribution in [0.15, 0.2) is 45.3 Å². The Morgan fingerprint density at radius 1 is 1.11 bits per heavy atom. The van der Waals surface area contributed by atoms with Crippen molar-refractivity contribution < 1.29 is 14.6 Å². The number of halogens is 3. The predicted molar refractivity (Wildman–Crippen MR) is 80.3 cm³/mol. The van der Waals surface area contributed by atoms with E-state index >= 15 is 0 Å². The number of rotatable bonds is 3. The minimum Gasteiger partial charge on any atom is -0.478 e. The molecule has 2 aromatic carbocycles. The number of carbonyl (C=O) groups is 1. The molecule has 0 unspecified atom stereocenters. The first-order chi connectivity index (χ1) is 8.95. The van der Waals surface area contributed by atoms with Gasteiger partial charge in [-0.25, -0.2) is 4.79 Å². The van der Waals surface area contributed by atoms with E-state index in [0.717, 1.165) is 4.47 Å². The molecule has 1 N–H and O–H groups in total. The zero-order chi connectivity index (χ0) is 14.0. The van der Waals surface area contributed by atoms with E-state index in [1.165, 1.54) is 12.1 Å². The third-order valence-corrected chi connectivity index (χ3v) is 3.49. The molecule has 0 saturated carbocycles. The Morgan fingerprint density at radius 2 is 1.84 bits per heavy atom. The van der Waals surface area contributed by atoms with Crippen LogP contribution in [0.1, 0.15) is 10.4 Å². The maximum absolute atomic E-state index is 11.0. The molecule has 0 bridgehead atoms. The number of hydrogen-bond donors (Lipinski definition) is 1. The van der Waals surface area contributed by atoms with Gasteiger partial charge >= 0.3 is 5.97 Å². The van der Waals surface area contributed by atoms with Crippen LogP contribution in [-0.2, 0) is 0 Å². The fourth-order valence-corrected chi connectivity index (χ4v) is 2.61. The molecule has 98 valence electrons. The summed E-state index contributed by atoms with van der Waals surface area (Å²) in [6.07, 6.45) is 0. The number of carboxylic acid groups (broad SMARTS) is 1. The summed E-state index contributed by atoms with van der Waals surface area (Å²) in [6.45, 7) is 0. The van der Waals surface area contributed by atoms with Gasteiger partial charge in [-0.05, 0) is 36.4 Å². The summed E-state index contributed by atoms with van der Waals surface area (Å²) in [7, 11) is 0. The first-order valence-electron chi connectivity index (χ1n) is 5.12. The molecule has 0 aliphatic carbocycles. The molecule has 3 nitrogen and oxygen atoms in total. The van der Waals surface area contributed by atoms with E-state index in [9.17, 15) is 4.79 Å². The molecule has 19 heavy (non-hydrogen) atoms. The Labute approximate surface area is 131 Å². The molecule has 0 aromatic heterocycles. The van der Waals surface area contributed by atoms with Crippen molar-refractivity contribution in [3.05, 3.63) is 55.9 Å². The Hall–Kier alpha value is -1.04. The van der Waals surface area contributed by atoms with Crippen molar-refractivity contribution >= 4 is 49.4 Å². The first-order valence-corrected chi connectivity index (χ1v) is 7.09. The van der Waals surface area contributed by atoms with Crippen LogP contribution in [0.5, 0.6) is 11.5 Å².